The molecule has 7 heteroatoms. The zero-order valence-corrected chi connectivity index (χ0v) is 14.6. The van der Waals surface area contributed by atoms with Crippen molar-refractivity contribution in [2.75, 3.05) is 34.0 Å². The number of hydroxylamine groups is 2. The number of rotatable bonds is 2. The van der Waals surface area contributed by atoms with Crippen LogP contribution in [-0.4, -0.2) is 56.9 Å². The summed E-state index contributed by atoms with van der Waals surface area (Å²) in [6.45, 7) is 1.64. The predicted molar refractivity (Wildman–Crippen MR) is 91.7 cm³/mol. The van der Waals surface area contributed by atoms with Crippen molar-refractivity contribution in [1.82, 2.24) is 10.4 Å². The second-order valence-corrected chi connectivity index (χ2v) is 5.54. The number of fused-ring (bicyclic) bond motifs is 1. The van der Waals surface area contributed by atoms with Gasteiger partial charge in [-0.05, 0) is 18.1 Å². The minimum absolute atomic E-state index is 0.305. The van der Waals surface area contributed by atoms with Crippen molar-refractivity contribution in [2.45, 2.75) is 19.1 Å². The molecule has 1 aromatic carbocycles. The number of hydrogen-bond acceptors (Lipinski definition) is 5. The third-order valence-corrected chi connectivity index (χ3v) is 3.83. The molecule has 1 heterocycles. The molecule has 2 rings (SSSR count). The number of nitrogens with one attached hydrogen (secondary N) is 1. The third kappa shape index (κ3) is 5.67. The number of carbonyl (C=O) groups excluding carboxylic acids is 2. The highest BCUT2D eigenvalue weighted by Crippen LogP contribution is 2.12. The second-order valence-electron chi connectivity index (χ2n) is 5.54. The first kappa shape index (κ1) is 19.1. The summed E-state index contributed by atoms with van der Waals surface area (Å²) in [6, 6.07) is 6.44. The molecule has 1 aliphatic heterocycles. The van der Waals surface area contributed by atoms with Crippen molar-refractivity contribution < 1.29 is 23.9 Å². The number of nitrogens with zero attached hydrogens (tertiary/aromatic N) is 1. The molecule has 7 nitrogen and oxygen atoms in total. The lowest BCUT2D eigenvalue weighted by atomic mass is 10.1. The molecule has 1 N–H and O–H groups in total. The lowest BCUT2D eigenvalue weighted by molar-refractivity contribution is -0.170. The molecule has 1 aromatic rings. The van der Waals surface area contributed by atoms with E-state index >= 15 is 0 Å². The lowest BCUT2D eigenvalue weighted by Crippen LogP contribution is -2.47. The molecule has 0 aliphatic carbocycles. The standard InChI is InChI=1S/C18H24N2O5/c1-20(23-2)18(22)16-9-5-6-10-24-11-12-25-13-14-7-3-4-8-15(14)17(21)19-16/h3-8,16H,9-13H2,1-2H3,(H,19,21)/t16-/m0/s1. The lowest BCUT2D eigenvalue weighted by Gasteiger charge is -2.22. The molecule has 1 atom stereocenters. The topological polar surface area (TPSA) is 77.1 Å². The van der Waals surface area contributed by atoms with E-state index in [1.165, 1.54) is 14.2 Å². The number of likely N-dealkylation sites (N-methyl/N-ethyl adjacent to an activating group) is 1. The second kappa shape index (κ2) is 9.93. The average molecular weight is 348 g/mol. The van der Waals surface area contributed by atoms with Gasteiger partial charge in [0.15, 0.2) is 0 Å². The molecule has 2 amide bonds. The van der Waals surface area contributed by atoms with Gasteiger partial charge in [-0.3, -0.25) is 14.4 Å². The Morgan fingerprint density at radius 1 is 1.24 bits per heavy atom. The molecule has 1 aliphatic rings. The average Bonchev–Trinajstić information content (AvgIpc) is 2.64. The maximum atomic E-state index is 12.7. The van der Waals surface area contributed by atoms with Crippen molar-refractivity contribution in [3.8, 4) is 0 Å². The smallest absolute Gasteiger partial charge is 0.268 e. The number of amides is 2. The van der Waals surface area contributed by atoms with Crippen LogP contribution in [0.2, 0.25) is 0 Å². The van der Waals surface area contributed by atoms with Crippen LogP contribution >= 0.6 is 0 Å². The van der Waals surface area contributed by atoms with Gasteiger partial charge in [-0.15, -0.1) is 0 Å². The molecule has 0 radical (unpaired) electrons. The molecule has 0 saturated heterocycles. The van der Waals surface area contributed by atoms with Crippen LogP contribution < -0.4 is 5.32 Å². The minimum Gasteiger partial charge on any atom is -0.375 e. The predicted octanol–water partition coefficient (Wildman–Crippen LogP) is 1.30. The van der Waals surface area contributed by atoms with Crippen molar-refractivity contribution in [1.29, 1.82) is 0 Å². The molecule has 0 bridgehead atoms. The van der Waals surface area contributed by atoms with Crippen molar-refractivity contribution in [2.24, 2.45) is 0 Å². The summed E-state index contributed by atoms with van der Waals surface area (Å²) in [7, 11) is 2.91. The van der Waals surface area contributed by atoms with Crippen LogP contribution in [0.25, 0.3) is 0 Å². The first-order valence-electron chi connectivity index (χ1n) is 8.14. The number of hydrogen-bond donors (Lipinski definition) is 1. The van der Waals surface area contributed by atoms with Crippen LogP contribution in [0, 0.1) is 0 Å². The molecule has 0 aromatic heterocycles. The normalized spacial score (nSPS) is 19.4. The van der Waals surface area contributed by atoms with Crippen LogP contribution in [0.3, 0.4) is 0 Å². The summed E-state index contributed by atoms with van der Waals surface area (Å²) in [5.41, 5.74) is 1.25. The molecule has 0 spiro atoms. The van der Waals surface area contributed by atoms with E-state index in [4.69, 9.17) is 14.3 Å². The fourth-order valence-electron chi connectivity index (χ4n) is 2.39. The fraction of sp³-hybridized carbons (Fsp3) is 0.444. The Balaban J connectivity index is 2.23. The van der Waals surface area contributed by atoms with E-state index in [2.05, 4.69) is 5.32 Å². The Bertz CT molecular complexity index is 617. The van der Waals surface area contributed by atoms with Crippen molar-refractivity contribution in [3.63, 3.8) is 0 Å². The largest absolute Gasteiger partial charge is 0.375 e. The third-order valence-electron chi connectivity index (χ3n) is 3.83. The maximum absolute atomic E-state index is 12.7. The molecule has 0 unspecified atom stereocenters. The molecular weight excluding hydrogens is 324 g/mol. The van der Waals surface area contributed by atoms with Gasteiger partial charge in [-0.25, -0.2) is 5.06 Å². The number of carbonyl (C=O) groups is 2. The summed E-state index contributed by atoms with van der Waals surface area (Å²) < 4.78 is 11.0. The van der Waals surface area contributed by atoms with E-state index in [0.717, 1.165) is 10.6 Å². The first-order valence-corrected chi connectivity index (χ1v) is 8.14. The Morgan fingerprint density at radius 3 is 2.80 bits per heavy atom. The first-order chi connectivity index (χ1) is 12.1. The van der Waals surface area contributed by atoms with E-state index < -0.39 is 6.04 Å². The zero-order valence-electron chi connectivity index (χ0n) is 14.6. The highest BCUT2D eigenvalue weighted by atomic mass is 16.7. The summed E-state index contributed by atoms with van der Waals surface area (Å²) >= 11 is 0. The number of benzene rings is 1. The van der Waals surface area contributed by atoms with Gasteiger partial charge in [-0.1, -0.05) is 30.4 Å². The molecular formula is C18H24N2O5. The maximum Gasteiger partial charge on any atom is 0.268 e. The highest BCUT2D eigenvalue weighted by Gasteiger charge is 2.24. The van der Waals surface area contributed by atoms with Gasteiger partial charge in [0.25, 0.3) is 11.8 Å². The molecule has 136 valence electrons. The molecule has 25 heavy (non-hydrogen) atoms. The SMILES string of the molecule is CON(C)C(=O)[C@@H]1CC=CCOCCOCc2ccccc2C(=O)N1. The van der Waals surface area contributed by atoms with Gasteiger partial charge in [0.2, 0.25) is 0 Å². The zero-order chi connectivity index (χ0) is 18.1. The molecule has 0 fully saturated rings. The Labute approximate surface area is 147 Å². The quantitative estimate of drug-likeness (QED) is 0.644. The van der Waals surface area contributed by atoms with Crippen LogP contribution in [0.1, 0.15) is 22.3 Å². The summed E-state index contributed by atoms with van der Waals surface area (Å²) in [5, 5.41) is 3.89. The highest BCUT2D eigenvalue weighted by molar-refractivity contribution is 5.98. The summed E-state index contributed by atoms with van der Waals surface area (Å²) in [5.74, 6) is -0.647. The van der Waals surface area contributed by atoms with Crippen molar-refractivity contribution in [3.05, 3.63) is 47.5 Å². The van der Waals surface area contributed by atoms with Gasteiger partial charge in [-0.2, -0.15) is 0 Å². The van der Waals surface area contributed by atoms with E-state index in [1.807, 2.05) is 24.3 Å². The monoisotopic (exact) mass is 348 g/mol. The van der Waals surface area contributed by atoms with E-state index in [0.29, 0.717) is 38.4 Å². The number of ether oxygens (including phenoxy) is 2. The van der Waals surface area contributed by atoms with Crippen LogP contribution in [0.5, 0.6) is 0 Å². The van der Waals surface area contributed by atoms with Crippen LogP contribution in [-0.2, 0) is 25.7 Å². The Morgan fingerprint density at radius 2 is 2.00 bits per heavy atom. The Hall–Kier alpha value is -2.22. The van der Waals surface area contributed by atoms with E-state index in [-0.39, 0.29) is 11.8 Å². The van der Waals surface area contributed by atoms with Gasteiger partial charge < -0.3 is 14.8 Å². The van der Waals surface area contributed by atoms with Gasteiger partial charge in [0, 0.05) is 12.6 Å². The van der Waals surface area contributed by atoms with E-state index in [1.54, 1.807) is 12.1 Å². The van der Waals surface area contributed by atoms with Gasteiger partial charge in [0.05, 0.1) is 33.5 Å². The fourth-order valence-corrected chi connectivity index (χ4v) is 2.39. The van der Waals surface area contributed by atoms with Crippen LogP contribution in [0.15, 0.2) is 36.4 Å². The van der Waals surface area contributed by atoms with Gasteiger partial charge >= 0.3 is 0 Å². The summed E-state index contributed by atoms with van der Waals surface area (Å²) in [6.07, 6.45) is 3.98. The Kier molecular flexibility index (Phi) is 7.59. The van der Waals surface area contributed by atoms with Crippen LogP contribution in [0.4, 0.5) is 0 Å². The molecule has 0 saturated carbocycles. The van der Waals surface area contributed by atoms with Gasteiger partial charge in [0.1, 0.15) is 6.04 Å². The minimum atomic E-state index is -0.731. The van der Waals surface area contributed by atoms with Crippen molar-refractivity contribution >= 4 is 11.8 Å². The van der Waals surface area contributed by atoms with E-state index in [9.17, 15) is 9.59 Å². The summed E-state index contributed by atoms with van der Waals surface area (Å²) in [4.78, 5) is 30.0.